The van der Waals surface area contributed by atoms with Crippen molar-refractivity contribution in [2.45, 2.75) is 6.10 Å². The van der Waals surface area contributed by atoms with Crippen LogP contribution in [0.15, 0.2) is 36.4 Å². The van der Waals surface area contributed by atoms with E-state index in [1.54, 1.807) is 4.90 Å². The molecule has 25 heavy (non-hydrogen) atoms. The van der Waals surface area contributed by atoms with Gasteiger partial charge in [0.15, 0.2) is 0 Å². The molecule has 2 aliphatic rings. The summed E-state index contributed by atoms with van der Waals surface area (Å²) in [5.41, 5.74) is 0.880. The van der Waals surface area contributed by atoms with Crippen molar-refractivity contribution < 1.29 is 14.3 Å². The predicted molar refractivity (Wildman–Crippen MR) is 99.5 cm³/mol. The van der Waals surface area contributed by atoms with Crippen LogP contribution >= 0.6 is 24.0 Å². The maximum absolute atomic E-state index is 12.2. The summed E-state index contributed by atoms with van der Waals surface area (Å²) in [6.07, 6.45) is -0.0757. The van der Waals surface area contributed by atoms with E-state index in [1.807, 2.05) is 36.4 Å². The molecule has 2 aliphatic heterocycles. The SMILES string of the molecule is O=C(CN1C(=O)CSC1=S)N1CC(Oc2ccc3ccccc3n2)C1. The van der Waals surface area contributed by atoms with Crippen LogP contribution in [0.3, 0.4) is 0 Å². The van der Waals surface area contributed by atoms with E-state index in [0.717, 1.165) is 10.9 Å². The summed E-state index contributed by atoms with van der Waals surface area (Å²) in [6, 6.07) is 11.6. The van der Waals surface area contributed by atoms with E-state index in [9.17, 15) is 9.59 Å². The molecule has 8 heteroatoms. The lowest BCUT2D eigenvalue weighted by molar-refractivity contribution is -0.143. The highest BCUT2D eigenvalue weighted by Crippen LogP contribution is 2.22. The van der Waals surface area contributed by atoms with Crippen LogP contribution in [0, 0.1) is 0 Å². The van der Waals surface area contributed by atoms with Crippen molar-refractivity contribution in [3.05, 3.63) is 36.4 Å². The zero-order valence-corrected chi connectivity index (χ0v) is 14.9. The number of carbonyl (C=O) groups excluding carboxylic acids is 2. The van der Waals surface area contributed by atoms with Crippen molar-refractivity contribution in [2.24, 2.45) is 0 Å². The smallest absolute Gasteiger partial charge is 0.242 e. The zero-order chi connectivity index (χ0) is 17.4. The fraction of sp³-hybridized carbons (Fsp3) is 0.294. The second kappa shape index (κ2) is 6.61. The van der Waals surface area contributed by atoms with Gasteiger partial charge < -0.3 is 9.64 Å². The third kappa shape index (κ3) is 3.32. The van der Waals surface area contributed by atoms with E-state index in [2.05, 4.69) is 4.98 Å². The summed E-state index contributed by atoms with van der Waals surface area (Å²) in [5.74, 6) is 0.676. The predicted octanol–water partition coefficient (Wildman–Crippen LogP) is 1.68. The first-order valence-corrected chi connectivity index (χ1v) is 9.27. The number of likely N-dealkylation sites (tertiary alicyclic amines) is 1. The Morgan fingerprint density at radius 3 is 2.84 bits per heavy atom. The van der Waals surface area contributed by atoms with Gasteiger partial charge in [0.25, 0.3) is 0 Å². The number of thioether (sulfide) groups is 1. The summed E-state index contributed by atoms with van der Waals surface area (Å²) >= 11 is 6.39. The van der Waals surface area contributed by atoms with Gasteiger partial charge in [0, 0.05) is 11.5 Å². The highest BCUT2D eigenvalue weighted by molar-refractivity contribution is 8.23. The average Bonchev–Trinajstić information content (AvgIpc) is 2.89. The number of para-hydroxylation sites is 1. The number of pyridine rings is 1. The molecule has 1 aromatic heterocycles. The van der Waals surface area contributed by atoms with Crippen molar-refractivity contribution >= 4 is 51.0 Å². The van der Waals surface area contributed by atoms with Crippen LogP contribution in [0.2, 0.25) is 0 Å². The Bertz CT molecular complexity index is 851. The van der Waals surface area contributed by atoms with Crippen LogP contribution in [0.5, 0.6) is 5.88 Å². The van der Waals surface area contributed by atoms with E-state index in [-0.39, 0.29) is 24.5 Å². The molecule has 0 spiro atoms. The van der Waals surface area contributed by atoms with Gasteiger partial charge >= 0.3 is 0 Å². The largest absolute Gasteiger partial charge is 0.471 e. The van der Waals surface area contributed by atoms with Crippen LogP contribution in [-0.2, 0) is 9.59 Å². The Morgan fingerprint density at radius 1 is 1.28 bits per heavy atom. The number of rotatable bonds is 4. The summed E-state index contributed by atoms with van der Waals surface area (Å²) in [4.78, 5) is 31.4. The molecule has 128 valence electrons. The molecule has 1 aromatic carbocycles. The Balaban J connectivity index is 1.31. The lowest BCUT2D eigenvalue weighted by Gasteiger charge is -2.39. The normalized spacial score (nSPS) is 17.9. The zero-order valence-electron chi connectivity index (χ0n) is 13.3. The van der Waals surface area contributed by atoms with Crippen molar-refractivity contribution in [2.75, 3.05) is 25.4 Å². The van der Waals surface area contributed by atoms with Crippen LogP contribution in [0.4, 0.5) is 0 Å². The molecule has 0 saturated carbocycles. The minimum atomic E-state index is -0.107. The molecule has 2 amide bonds. The molecule has 2 aromatic rings. The molecule has 2 saturated heterocycles. The first kappa shape index (κ1) is 16.3. The Kier molecular flexibility index (Phi) is 4.30. The first-order chi connectivity index (χ1) is 12.1. The Morgan fingerprint density at radius 2 is 2.08 bits per heavy atom. The van der Waals surface area contributed by atoms with Gasteiger partial charge in [-0.1, -0.05) is 42.2 Å². The average molecular weight is 373 g/mol. The maximum atomic E-state index is 12.2. The van der Waals surface area contributed by atoms with Crippen LogP contribution in [0.25, 0.3) is 10.9 Å². The Hall–Kier alpha value is -2.19. The number of carbonyl (C=O) groups is 2. The quantitative estimate of drug-likeness (QED) is 0.760. The molecule has 6 nitrogen and oxygen atoms in total. The summed E-state index contributed by atoms with van der Waals surface area (Å²) in [5, 5.41) is 1.06. The van der Waals surface area contributed by atoms with Gasteiger partial charge in [0.1, 0.15) is 17.0 Å². The number of nitrogens with zero attached hydrogens (tertiary/aromatic N) is 3. The highest BCUT2D eigenvalue weighted by Gasteiger charge is 2.36. The monoisotopic (exact) mass is 373 g/mol. The Labute approximate surface area is 154 Å². The topological polar surface area (TPSA) is 62.7 Å². The number of hydrogen-bond acceptors (Lipinski definition) is 6. The molecule has 0 aliphatic carbocycles. The molecule has 0 radical (unpaired) electrons. The van der Waals surface area contributed by atoms with E-state index >= 15 is 0 Å². The number of hydrogen-bond donors (Lipinski definition) is 0. The molecule has 0 atom stereocenters. The van der Waals surface area contributed by atoms with Crippen molar-refractivity contribution in [3.8, 4) is 5.88 Å². The van der Waals surface area contributed by atoms with Crippen LogP contribution in [0.1, 0.15) is 0 Å². The van der Waals surface area contributed by atoms with Gasteiger partial charge in [-0.25, -0.2) is 4.98 Å². The fourth-order valence-electron chi connectivity index (χ4n) is 2.77. The van der Waals surface area contributed by atoms with Crippen LogP contribution in [-0.4, -0.2) is 62.4 Å². The molecule has 4 rings (SSSR count). The van der Waals surface area contributed by atoms with Crippen molar-refractivity contribution in [1.29, 1.82) is 0 Å². The van der Waals surface area contributed by atoms with Gasteiger partial charge in [-0.2, -0.15) is 0 Å². The molecule has 0 N–H and O–H groups in total. The lowest BCUT2D eigenvalue weighted by Crippen LogP contribution is -2.58. The van der Waals surface area contributed by atoms with Crippen LogP contribution < -0.4 is 4.74 Å². The second-order valence-corrected chi connectivity index (χ2v) is 7.52. The molecule has 3 heterocycles. The van der Waals surface area contributed by atoms with Crippen molar-refractivity contribution in [3.63, 3.8) is 0 Å². The number of thiocarbonyl (C=S) groups is 1. The first-order valence-electron chi connectivity index (χ1n) is 7.87. The molecular weight excluding hydrogens is 358 g/mol. The number of benzene rings is 1. The third-order valence-electron chi connectivity index (χ3n) is 4.19. The van der Waals surface area contributed by atoms with E-state index in [1.165, 1.54) is 16.7 Å². The molecule has 0 bridgehead atoms. The van der Waals surface area contributed by atoms with Gasteiger partial charge in [0.05, 0.1) is 24.4 Å². The van der Waals surface area contributed by atoms with Gasteiger partial charge in [-0.15, -0.1) is 0 Å². The second-order valence-electron chi connectivity index (χ2n) is 5.92. The molecule has 0 unspecified atom stereocenters. The van der Waals surface area contributed by atoms with E-state index in [0.29, 0.717) is 29.0 Å². The van der Waals surface area contributed by atoms with Gasteiger partial charge in [0.2, 0.25) is 17.7 Å². The third-order valence-corrected chi connectivity index (χ3v) is 5.63. The van der Waals surface area contributed by atoms with Gasteiger partial charge in [-0.05, 0) is 12.1 Å². The maximum Gasteiger partial charge on any atom is 0.242 e. The minimum Gasteiger partial charge on any atom is -0.471 e. The molecule has 2 fully saturated rings. The number of amides is 2. The number of aromatic nitrogens is 1. The van der Waals surface area contributed by atoms with Crippen molar-refractivity contribution in [1.82, 2.24) is 14.8 Å². The minimum absolute atomic E-state index is 0.0195. The van der Waals surface area contributed by atoms with Gasteiger partial charge in [-0.3, -0.25) is 14.5 Å². The summed E-state index contributed by atoms with van der Waals surface area (Å²) < 4.78 is 6.31. The fourth-order valence-corrected chi connectivity index (χ4v) is 3.84. The summed E-state index contributed by atoms with van der Waals surface area (Å²) in [6.45, 7) is 1.01. The highest BCUT2D eigenvalue weighted by atomic mass is 32.2. The van der Waals surface area contributed by atoms with E-state index in [4.69, 9.17) is 17.0 Å². The summed E-state index contributed by atoms with van der Waals surface area (Å²) in [7, 11) is 0. The number of fused-ring (bicyclic) bond motifs is 1. The standard InChI is InChI=1S/C17H15N3O3S2/c21-15(9-20-16(22)10-25-17(20)24)19-7-12(8-19)23-14-6-5-11-3-1-2-4-13(11)18-14/h1-6,12H,7-10H2. The van der Waals surface area contributed by atoms with E-state index < -0.39 is 0 Å². The molecular formula is C17H15N3O3S2. The lowest BCUT2D eigenvalue weighted by atomic mass is 10.1. The number of ether oxygens (including phenoxy) is 1.